The van der Waals surface area contributed by atoms with Crippen LogP contribution in [0.4, 0.5) is 0 Å². The molecule has 0 aliphatic heterocycles. The molecule has 8 heteroatoms. The van der Waals surface area contributed by atoms with E-state index in [1.807, 2.05) is 24.4 Å². The van der Waals surface area contributed by atoms with Crippen molar-refractivity contribution in [2.75, 3.05) is 0 Å². The maximum atomic E-state index is 12.0. The Morgan fingerprint density at radius 2 is 2.23 bits per heavy atom. The van der Waals surface area contributed by atoms with Crippen molar-refractivity contribution < 1.29 is 4.79 Å². The smallest absolute Gasteiger partial charge is 0.272 e. The Balaban J connectivity index is 1.70. The van der Waals surface area contributed by atoms with Gasteiger partial charge in [-0.15, -0.1) is 22.7 Å². The van der Waals surface area contributed by atoms with Crippen molar-refractivity contribution in [1.82, 2.24) is 20.5 Å². The van der Waals surface area contributed by atoms with Crippen LogP contribution in [0, 0.1) is 6.92 Å². The highest BCUT2D eigenvalue weighted by Crippen LogP contribution is 2.30. The number of hydrogen-bond acceptors (Lipinski definition) is 6. The fourth-order valence-electron chi connectivity index (χ4n) is 1.82. The third-order valence-corrected chi connectivity index (χ3v) is 5.14. The minimum atomic E-state index is -0.338. The van der Waals surface area contributed by atoms with Gasteiger partial charge in [-0.2, -0.15) is 5.10 Å². The molecule has 0 fully saturated rings. The van der Waals surface area contributed by atoms with Crippen LogP contribution in [0.1, 0.15) is 21.1 Å². The van der Waals surface area contributed by atoms with E-state index in [0.29, 0.717) is 6.54 Å². The first-order valence-electron chi connectivity index (χ1n) is 6.47. The molecule has 0 saturated heterocycles. The number of thiophene rings is 1. The summed E-state index contributed by atoms with van der Waals surface area (Å²) in [6.45, 7) is 2.31. The summed E-state index contributed by atoms with van der Waals surface area (Å²) < 4.78 is 0. The summed E-state index contributed by atoms with van der Waals surface area (Å²) in [6, 6.07) is 6.68. The number of nitrogens with one attached hydrogen (secondary N) is 2. The number of H-pyrrole nitrogens is 1. The SMILES string of the molecule is Cc1nc(-c2cccs2)sc1CNC(=O)c1ccc(=O)[nH]n1. The minimum absolute atomic E-state index is 0.181. The van der Waals surface area contributed by atoms with Gasteiger partial charge >= 0.3 is 0 Å². The Morgan fingerprint density at radius 3 is 2.91 bits per heavy atom. The molecule has 0 unspecified atom stereocenters. The molecule has 0 aliphatic carbocycles. The van der Waals surface area contributed by atoms with Crippen LogP contribution >= 0.6 is 22.7 Å². The number of thiazole rings is 1. The molecule has 3 aromatic rings. The molecule has 0 spiro atoms. The molecule has 3 aromatic heterocycles. The molecule has 0 aromatic carbocycles. The highest BCUT2D eigenvalue weighted by atomic mass is 32.1. The Labute approximate surface area is 133 Å². The topological polar surface area (TPSA) is 87.7 Å². The van der Waals surface area contributed by atoms with Crippen molar-refractivity contribution in [2.24, 2.45) is 0 Å². The average molecular weight is 332 g/mol. The molecule has 22 heavy (non-hydrogen) atoms. The summed E-state index contributed by atoms with van der Waals surface area (Å²) in [7, 11) is 0. The highest BCUT2D eigenvalue weighted by molar-refractivity contribution is 7.21. The Kier molecular flexibility index (Phi) is 4.12. The van der Waals surface area contributed by atoms with E-state index in [0.717, 1.165) is 20.5 Å². The Hall–Kier alpha value is -2.32. The second kappa shape index (κ2) is 6.20. The third-order valence-electron chi connectivity index (χ3n) is 2.95. The van der Waals surface area contributed by atoms with Gasteiger partial charge in [0.05, 0.1) is 17.1 Å². The largest absolute Gasteiger partial charge is 0.346 e. The van der Waals surface area contributed by atoms with Gasteiger partial charge in [0.1, 0.15) is 10.7 Å². The monoisotopic (exact) mass is 332 g/mol. The van der Waals surface area contributed by atoms with E-state index < -0.39 is 0 Å². The zero-order valence-corrected chi connectivity index (χ0v) is 13.3. The van der Waals surface area contributed by atoms with Gasteiger partial charge in [0.15, 0.2) is 0 Å². The van der Waals surface area contributed by atoms with Gasteiger partial charge in [-0.05, 0) is 24.4 Å². The predicted molar refractivity (Wildman–Crippen MR) is 86.2 cm³/mol. The minimum Gasteiger partial charge on any atom is -0.346 e. The number of aryl methyl sites for hydroxylation is 1. The van der Waals surface area contributed by atoms with E-state index >= 15 is 0 Å². The predicted octanol–water partition coefficient (Wildman–Crippen LogP) is 2.19. The molecule has 0 bridgehead atoms. The van der Waals surface area contributed by atoms with Gasteiger partial charge in [-0.1, -0.05) is 6.07 Å². The second-order valence-electron chi connectivity index (χ2n) is 4.49. The number of carbonyl (C=O) groups excluding carboxylic acids is 1. The van der Waals surface area contributed by atoms with Gasteiger partial charge in [0, 0.05) is 10.9 Å². The summed E-state index contributed by atoms with van der Waals surface area (Å²) in [5.74, 6) is -0.332. The second-order valence-corrected chi connectivity index (χ2v) is 6.53. The van der Waals surface area contributed by atoms with Crippen LogP contribution < -0.4 is 10.9 Å². The number of amides is 1. The van der Waals surface area contributed by atoms with Crippen LogP contribution in [-0.2, 0) is 6.54 Å². The quantitative estimate of drug-likeness (QED) is 0.766. The average Bonchev–Trinajstić information content (AvgIpc) is 3.15. The molecule has 1 amide bonds. The van der Waals surface area contributed by atoms with Gasteiger partial charge < -0.3 is 5.32 Å². The molecule has 3 rings (SSSR count). The van der Waals surface area contributed by atoms with Crippen LogP contribution in [0.15, 0.2) is 34.4 Å². The normalized spacial score (nSPS) is 10.6. The molecule has 6 nitrogen and oxygen atoms in total. The zero-order chi connectivity index (χ0) is 15.5. The molecular weight excluding hydrogens is 320 g/mol. The lowest BCUT2D eigenvalue weighted by molar-refractivity contribution is 0.0945. The summed E-state index contributed by atoms with van der Waals surface area (Å²) in [5, 5.41) is 11.7. The first-order valence-corrected chi connectivity index (χ1v) is 8.17. The summed E-state index contributed by atoms with van der Waals surface area (Å²) in [4.78, 5) is 29.5. The van der Waals surface area contributed by atoms with E-state index in [1.165, 1.54) is 12.1 Å². The van der Waals surface area contributed by atoms with Crippen molar-refractivity contribution in [3.63, 3.8) is 0 Å². The van der Waals surface area contributed by atoms with Crippen molar-refractivity contribution in [1.29, 1.82) is 0 Å². The first-order chi connectivity index (χ1) is 10.6. The van der Waals surface area contributed by atoms with E-state index in [-0.39, 0.29) is 17.2 Å². The number of nitrogens with zero attached hydrogens (tertiary/aromatic N) is 2. The van der Waals surface area contributed by atoms with Crippen LogP contribution in [0.25, 0.3) is 9.88 Å². The van der Waals surface area contributed by atoms with Crippen LogP contribution in [-0.4, -0.2) is 21.1 Å². The van der Waals surface area contributed by atoms with Gasteiger partial charge in [0.25, 0.3) is 11.5 Å². The molecule has 112 valence electrons. The van der Waals surface area contributed by atoms with Crippen LogP contribution in [0.3, 0.4) is 0 Å². The van der Waals surface area contributed by atoms with Gasteiger partial charge in [-0.3, -0.25) is 9.59 Å². The van der Waals surface area contributed by atoms with Crippen LogP contribution in [0.2, 0.25) is 0 Å². The number of hydrogen-bond donors (Lipinski definition) is 2. The first kappa shape index (κ1) is 14.6. The third kappa shape index (κ3) is 3.12. The lowest BCUT2D eigenvalue weighted by atomic mass is 10.3. The number of carbonyl (C=O) groups is 1. The van der Waals surface area contributed by atoms with Crippen LogP contribution in [0.5, 0.6) is 0 Å². The molecule has 0 aliphatic rings. The molecule has 3 heterocycles. The fourth-order valence-corrected chi connectivity index (χ4v) is 3.62. The van der Waals surface area contributed by atoms with Crippen molar-refractivity contribution >= 4 is 28.6 Å². The maximum absolute atomic E-state index is 12.0. The molecule has 0 radical (unpaired) electrons. The number of aromatic nitrogens is 3. The molecular formula is C14H12N4O2S2. The molecule has 2 N–H and O–H groups in total. The lowest BCUT2D eigenvalue weighted by Gasteiger charge is -2.02. The fraction of sp³-hybridized carbons (Fsp3) is 0.143. The van der Waals surface area contributed by atoms with Crippen molar-refractivity contribution in [3.8, 4) is 9.88 Å². The van der Waals surface area contributed by atoms with E-state index in [2.05, 4.69) is 20.5 Å². The molecule has 0 atom stereocenters. The van der Waals surface area contributed by atoms with Gasteiger partial charge in [-0.25, -0.2) is 10.1 Å². The zero-order valence-electron chi connectivity index (χ0n) is 11.6. The number of rotatable bonds is 4. The Bertz CT molecular complexity index is 832. The standard InChI is InChI=1S/C14H12N4O2S2/c1-8-11(22-14(16-8)10-3-2-6-21-10)7-15-13(20)9-4-5-12(19)18-17-9/h2-6H,7H2,1H3,(H,15,20)(H,18,19). The van der Waals surface area contributed by atoms with Crippen molar-refractivity contribution in [2.45, 2.75) is 13.5 Å². The lowest BCUT2D eigenvalue weighted by Crippen LogP contribution is -2.25. The van der Waals surface area contributed by atoms with E-state index in [1.54, 1.807) is 22.7 Å². The maximum Gasteiger partial charge on any atom is 0.272 e. The summed E-state index contributed by atoms with van der Waals surface area (Å²) in [5.41, 5.74) is 0.749. The van der Waals surface area contributed by atoms with Gasteiger partial charge in [0.2, 0.25) is 0 Å². The van der Waals surface area contributed by atoms with E-state index in [9.17, 15) is 9.59 Å². The van der Waals surface area contributed by atoms with Crippen molar-refractivity contribution in [3.05, 3.63) is 56.3 Å². The summed E-state index contributed by atoms with van der Waals surface area (Å²) in [6.07, 6.45) is 0. The molecule has 0 saturated carbocycles. The van der Waals surface area contributed by atoms with E-state index in [4.69, 9.17) is 0 Å². The summed E-state index contributed by atoms with van der Waals surface area (Å²) >= 11 is 3.20. The Morgan fingerprint density at radius 1 is 1.36 bits per heavy atom. The number of aromatic amines is 1. The highest BCUT2D eigenvalue weighted by Gasteiger charge is 2.12.